The topological polar surface area (TPSA) is 129 Å². The van der Waals surface area contributed by atoms with Crippen LogP contribution in [0.5, 0.6) is 0 Å². The van der Waals surface area contributed by atoms with Crippen LogP contribution < -0.4 is 5.32 Å². The average Bonchev–Trinajstić information content (AvgIpc) is 3.66. The van der Waals surface area contributed by atoms with E-state index in [4.69, 9.17) is 9.40 Å². The summed E-state index contributed by atoms with van der Waals surface area (Å²) in [5, 5.41) is 22.0. The Balaban J connectivity index is 1.36. The number of furan rings is 1. The number of pyridine rings is 2. The first-order valence-corrected chi connectivity index (χ1v) is 12.0. The molecular formula is C27H25N7O2. The second-order valence-electron chi connectivity index (χ2n) is 8.75. The van der Waals surface area contributed by atoms with Gasteiger partial charge in [0.1, 0.15) is 23.1 Å². The van der Waals surface area contributed by atoms with Crippen molar-refractivity contribution in [1.82, 2.24) is 30.1 Å². The minimum Gasteiger partial charge on any atom is -0.472 e. The Morgan fingerprint density at radius 1 is 1.03 bits per heavy atom. The van der Waals surface area contributed by atoms with Crippen LogP contribution in [0.3, 0.4) is 0 Å². The minimum absolute atomic E-state index is 0.598. The van der Waals surface area contributed by atoms with E-state index in [1.165, 1.54) is 0 Å². The summed E-state index contributed by atoms with van der Waals surface area (Å²) >= 11 is 0. The van der Waals surface area contributed by atoms with Gasteiger partial charge in [0.25, 0.3) is 0 Å². The van der Waals surface area contributed by atoms with Crippen LogP contribution in [0.1, 0.15) is 26.2 Å². The molecule has 9 nitrogen and oxygen atoms in total. The average molecular weight is 480 g/mol. The molecule has 0 aliphatic carbocycles. The summed E-state index contributed by atoms with van der Waals surface area (Å²) in [6, 6.07) is 11.9. The van der Waals surface area contributed by atoms with Gasteiger partial charge in [-0.3, -0.25) is 15.1 Å². The van der Waals surface area contributed by atoms with Crippen LogP contribution in [-0.4, -0.2) is 41.5 Å². The fourth-order valence-electron chi connectivity index (χ4n) is 4.37. The fourth-order valence-corrected chi connectivity index (χ4v) is 4.37. The third kappa shape index (κ3) is 4.09. The van der Waals surface area contributed by atoms with Crippen molar-refractivity contribution in [1.29, 1.82) is 0 Å². The van der Waals surface area contributed by atoms with Crippen LogP contribution in [0.4, 0.5) is 5.69 Å². The molecule has 9 heteroatoms. The number of aliphatic hydroxyl groups is 1. The van der Waals surface area contributed by atoms with Crippen molar-refractivity contribution in [3.8, 4) is 33.9 Å². The lowest BCUT2D eigenvalue weighted by molar-refractivity contribution is 0.190. The van der Waals surface area contributed by atoms with E-state index in [2.05, 4.69) is 43.5 Å². The van der Waals surface area contributed by atoms with Crippen LogP contribution in [0, 0.1) is 0 Å². The molecule has 5 heterocycles. The summed E-state index contributed by atoms with van der Waals surface area (Å²) < 4.78 is 5.24. The molecule has 0 saturated carbocycles. The summed E-state index contributed by atoms with van der Waals surface area (Å²) in [7, 11) is 0. The molecule has 0 saturated heterocycles. The number of hydrogen-bond donors (Lipinski definition) is 4. The Labute approximate surface area is 206 Å². The Hall–Kier alpha value is -4.50. The van der Waals surface area contributed by atoms with Crippen LogP contribution in [0.2, 0.25) is 0 Å². The normalized spacial score (nSPS) is 12.4. The van der Waals surface area contributed by atoms with Gasteiger partial charge in [-0.2, -0.15) is 5.10 Å². The number of fused-ring (bicyclic) bond motifs is 2. The number of nitrogens with one attached hydrogen (secondary N) is 3. The molecule has 1 atom stereocenters. The van der Waals surface area contributed by atoms with Gasteiger partial charge in [0, 0.05) is 28.9 Å². The van der Waals surface area contributed by atoms with Gasteiger partial charge in [-0.15, -0.1) is 0 Å². The Morgan fingerprint density at radius 2 is 1.97 bits per heavy atom. The molecular weight excluding hydrogens is 454 g/mol. The second kappa shape index (κ2) is 9.27. The number of imidazole rings is 1. The van der Waals surface area contributed by atoms with Crippen molar-refractivity contribution >= 4 is 27.6 Å². The van der Waals surface area contributed by atoms with Gasteiger partial charge in [0.2, 0.25) is 0 Å². The van der Waals surface area contributed by atoms with Gasteiger partial charge in [-0.05, 0) is 48.7 Å². The number of nitrogens with zero attached hydrogens (tertiary/aromatic N) is 4. The maximum atomic E-state index is 10.2. The van der Waals surface area contributed by atoms with E-state index in [0.29, 0.717) is 12.2 Å². The van der Waals surface area contributed by atoms with Crippen molar-refractivity contribution < 1.29 is 9.52 Å². The van der Waals surface area contributed by atoms with Gasteiger partial charge in [-0.25, -0.2) is 4.98 Å². The zero-order valence-corrected chi connectivity index (χ0v) is 19.7. The Kier molecular flexibility index (Phi) is 5.67. The number of anilines is 1. The highest BCUT2D eigenvalue weighted by molar-refractivity contribution is 5.97. The van der Waals surface area contributed by atoms with Crippen molar-refractivity contribution in [2.75, 3.05) is 5.32 Å². The number of aliphatic hydroxyl groups excluding tert-OH is 1. The molecule has 0 aliphatic heterocycles. The number of rotatable bonds is 8. The van der Waals surface area contributed by atoms with Crippen molar-refractivity contribution in [2.24, 2.45) is 0 Å². The molecule has 1 aromatic carbocycles. The standard InChI is InChI=1S/C27H25N7O2/c1-2-3-4-23(35)30-19-11-18(13-28-14-19)16-5-6-21-20(12-16)25(34-33-21)27-31-22-7-9-29-24(26(22)32-27)17-8-10-36-15-17/h5-15,23,30,35H,2-4H2,1H3,(H,31,32)(H,33,34). The quantitative estimate of drug-likeness (QED) is 0.205. The maximum Gasteiger partial charge on any atom is 0.159 e. The van der Waals surface area contributed by atoms with Crippen LogP contribution >= 0.6 is 0 Å². The number of aromatic amines is 2. The molecule has 6 aromatic rings. The highest BCUT2D eigenvalue weighted by Gasteiger charge is 2.17. The summed E-state index contributed by atoms with van der Waals surface area (Å²) in [6.07, 6.45) is 10.7. The monoisotopic (exact) mass is 479 g/mol. The largest absolute Gasteiger partial charge is 0.472 e. The molecule has 36 heavy (non-hydrogen) atoms. The zero-order valence-electron chi connectivity index (χ0n) is 19.7. The smallest absolute Gasteiger partial charge is 0.159 e. The van der Waals surface area contributed by atoms with E-state index in [1.807, 2.05) is 36.5 Å². The Morgan fingerprint density at radius 3 is 2.83 bits per heavy atom. The molecule has 6 rings (SSSR count). The summed E-state index contributed by atoms with van der Waals surface area (Å²) in [4.78, 5) is 17.1. The van der Waals surface area contributed by atoms with E-state index < -0.39 is 6.23 Å². The lowest BCUT2D eigenvalue weighted by Crippen LogP contribution is -2.18. The highest BCUT2D eigenvalue weighted by atomic mass is 16.3. The molecule has 0 bridgehead atoms. The number of hydrogen-bond acceptors (Lipinski definition) is 7. The number of H-pyrrole nitrogens is 2. The summed E-state index contributed by atoms with van der Waals surface area (Å²) in [5.41, 5.74) is 7.57. The summed E-state index contributed by atoms with van der Waals surface area (Å²) in [6.45, 7) is 2.11. The molecule has 0 aliphatic rings. The van der Waals surface area contributed by atoms with E-state index in [1.54, 1.807) is 24.9 Å². The lowest BCUT2D eigenvalue weighted by Gasteiger charge is -2.14. The molecule has 1 unspecified atom stereocenters. The number of aromatic nitrogens is 6. The van der Waals surface area contributed by atoms with Crippen LogP contribution in [0.25, 0.3) is 55.8 Å². The van der Waals surface area contributed by atoms with Gasteiger partial charge < -0.3 is 19.8 Å². The van der Waals surface area contributed by atoms with E-state index in [0.717, 1.165) is 68.5 Å². The van der Waals surface area contributed by atoms with Crippen LogP contribution in [-0.2, 0) is 0 Å². The first kappa shape index (κ1) is 22.0. The minimum atomic E-state index is -0.598. The zero-order chi connectivity index (χ0) is 24.5. The number of unbranched alkanes of at least 4 members (excludes halogenated alkanes) is 1. The SMILES string of the molecule is CCCCC(O)Nc1cncc(-c2ccc3[nH]nc(-c4nc5c(-c6ccoc6)nccc5[nH]4)c3c2)c1. The molecule has 0 radical (unpaired) electrons. The molecule has 180 valence electrons. The van der Waals surface area contributed by atoms with Crippen molar-refractivity contribution in [3.63, 3.8) is 0 Å². The first-order valence-electron chi connectivity index (χ1n) is 12.0. The van der Waals surface area contributed by atoms with Gasteiger partial charge in [0.15, 0.2) is 5.82 Å². The maximum absolute atomic E-state index is 10.2. The molecule has 0 amide bonds. The highest BCUT2D eigenvalue weighted by Crippen LogP contribution is 2.32. The molecule has 4 N–H and O–H groups in total. The van der Waals surface area contributed by atoms with Crippen molar-refractivity contribution in [3.05, 3.63) is 67.5 Å². The van der Waals surface area contributed by atoms with Crippen molar-refractivity contribution in [2.45, 2.75) is 32.4 Å². The van der Waals surface area contributed by atoms with Gasteiger partial charge in [-0.1, -0.05) is 19.4 Å². The van der Waals surface area contributed by atoms with Gasteiger partial charge in [0.05, 0.1) is 35.4 Å². The molecule has 0 fully saturated rings. The lowest BCUT2D eigenvalue weighted by atomic mass is 10.0. The third-order valence-electron chi connectivity index (χ3n) is 6.22. The Bertz CT molecular complexity index is 1640. The second-order valence-corrected chi connectivity index (χ2v) is 8.75. The van der Waals surface area contributed by atoms with E-state index >= 15 is 0 Å². The predicted octanol–water partition coefficient (Wildman–Crippen LogP) is 5.74. The number of benzene rings is 1. The first-order chi connectivity index (χ1) is 17.7. The fraction of sp³-hybridized carbons (Fsp3) is 0.185. The summed E-state index contributed by atoms with van der Waals surface area (Å²) in [5.74, 6) is 0.652. The molecule has 5 aromatic heterocycles. The van der Waals surface area contributed by atoms with Gasteiger partial charge >= 0.3 is 0 Å². The predicted molar refractivity (Wildman–Crippen MR) is 139 cm³/mol. The van der Waals surface area contributed by atoms with Crippen LogP contribution in [0.15, 0.2) is 71.9 Å². The molecule has 0 spiro atoms. The van der Waals surface area contributed by atoms with E-state index in [9.17, 15) is 5.11 Å². The third-order valence-corrected chi connectivity index (χ3v) is 6.22. The van der Waals surface area contributed by atoms with E-state index in [-0.39, 0.29) is 0 Å².